The molecule has 0 aromatic heterocycles. The fraction of sp³-hybridized carbons (Fsp3) is 0.273. The molecule has 0 N–H and O–H groups in total. The first-order chi connectivity index (χ1) is 7.11. The Hall–Kier alpha value is -1.13. The van der Waals surface area contributed by atoms with Gasteiger partial charge in [0.25, 0.3) is 10.1 Å². The van der Waals surface area contributed by atoms with Crippen molar-refractivity contribution in [3.05, 3.63) is 42.5 Å². The maximum Gasteiger partial charge on any atom is 0.297 e. The van der Waals surface area contributed by atoms with E-state index >= 15 is 0 Å². The Morgan fingerprint density at radius 2 is 2.07 bits per heavy atom. The highest BCUT2D eigenvalue weighted by Crippen LogP contribution is 2.18. The van der Waals surface area contributed by atoms with Gasteiger partial charge in [-0.3, -0.25) is 4.18 Å². The van der Waals surface area contributed by atoms with Crippen LogP contribution in [0, 0.1) is 0 Å². The highest BCUT2D eigenvalue weighted by Gasteiger charge is 2.17. The van der Waals surface area contributed by atoms with Crippen molar-refractivity contribution in [2.45, 2.75) is 18.2 Å². The molecule has 0 saturated heterocycles. The first-order valence-corrected chi connectivity index (χ1v) is 6.11. The Balaban J connectivity index is 3.09. The summed E-state index contributed by atoms with van der Waals surface area (Å²) in [5.74, 6) is 0. The molecular formula is C11H14O3S. The van der Waals surface area contributed by atoms with Crippen molar-refractivity contribution < 1.29 is 12.6 Å². The van der Waals surface area contributed by atoms with Crippen molar-refractivity contribution in [2.75, 3.05) is 6.61 Å². The Kier molecular flexibility index (Phi) is 4.05. The predicted molar refractivity (Wildman–Crippen MR) is 59.2 cm³/mol. The molecule has 0 aliphatic heterocycles. The van der Waals surface area contributed by atoms with Crippen molar-refractivity contribution in [3.8, 4) is 0 Å². The summed E-state index contributed by atoms with van der Waals surface area (Å²) in [4.78, 5) is 0.245. The molecule has 0 aliphatic carbocycles. The Morgan fingerprint density at radius 3 is 2.67 bits per heavy atom. The third-order valence-corrected chi connectivity index (χ3v) is 3.35. The van der Waals surface area contributed by atoms with Crippen LogP contribution in [0.2, 0.25) is 0 Å². The second-order valence-corrected chi connectivity index (χ2v) is 4.57. The van der Waals surface area contributed by atoms with E-state index in [0.29, 0.717) is 6.42 Å². The molecule has 0 amide bonds. The summed E-state index contributed by atoms with van der Waals surface area (Å²) in [6.45, 7) is 5.32. The monoisotopic (exact) mass is 226 g/mol. The van der Waals surface area contributed by atoms with E-state index in [2.05, 4.69) is 6.58 Å². The van der Waals surface area contributed by atoms with Gasteiger partial charge >= 0.3 is 0 Å². The van der Waals surface area contributed by atoms with E-state index < -0.39 is 10.1 Å². The smallest absolute Gasteiger partial charge is 0.262 e. The van der Waals surface area contributed by atoms with Gasteiger partial charge in [-0.1, -0.05) is 31.2 Å². The van der Waals surface area contributed by atoms with Crippen molar-refractivity contribution >= 4 is 10.1 Å². The second kappa shape index (κ2) is 5.09. The van der Waals surface area contributed by atoms with Crippen molar-refractivity contribution in [1.29, 1.82) is 0 Å². The number of aryl methyl sites for hydroxylation is 1. The molecule has 0 unspecified atom stereocenters. The highest BCUT2D eigenvalue weighted by molar-refractivity contribution is 7.86. The summed E-state index contributed by atoms with van der Waals surface area (Å²) in [5, 5.41) is 0. The Bertz CT molecular complexity index is 435. The molecule has 1 aromatic carbocycles. The zero-order chi connectivity index (χ0) is 11.3. The minimum atomic E-state index is -3.64. The molecule has 0 atom stereocenters. The zero-order valence-electron chi connectivity index (χ0n) is 8.64. The van der Waals surface area contributed by atoms with Crippen LogP contribution in [0.15, 0.2) is 41.8 Å². The van der Waals surface area contributed by atoms with Crippen LogP contribution in [0.4, 0.5) is 0 Å². The summed E-state index contributed by atoms with van der Waals surface area (Å²) in [6.07, 6.45) is 2.07. The largest absolute Gasteiger partial charge is 0.297 e. The second-order valence-electron chi connectivity index (χ2n) is 2.99. The molecule has 82 valence electrons. The Morgan fingerprint density at radius 1 is 1.40 bits per heavy atom. The van der Waals surface area contributed by atoms with Crippen LogP contribution in [-0.4, -0.2) is 15.0 Å². The minimum absolute atomic E-state index is 0.000379. The molecule has 1 aromatic rings. The number of benzene rings is 1. The quantitative estimate of drug-likeness (QED) is 0.570. The van der Waals surface area contributed by atoms with Gasteiger partial charge in [0.15, 0.2) is 0 Å². The number of hydrogen-bond donors (Lipinski definition) is 0. The van der Waals surface area contributed by atoms with Gasteiger partial charge in [0.2, 0.25) is 0 Å². The Labute approximate surface area is 90.5 Å². The first-order valence-electron chi connectivity index (χ1n) is 4.70. The average Bonchev–Trinajstić information content (AvgIpc) is 2.26. The van der Waals surface area contributed by atoms with Gasteiger partial charge in [0.05, 0.1) is 11.5 Å². The summed E-state index contributed by atoms with van der Waals surface area (Å²) in [7, 11) is -3.64. The highest BCUT2D eigenvalue weighted by atomic mass is 32.2. The maximum atomic E-state index is 11.7. The third kappa shape index (κ3) is 2.91. The topological polar surface area (TPSA) is 43.4 Å². The van der Waals surface area contributed by atoms with Crippen LogP contribution in [-0.2, 0) is 20.7 Å². The molecule has 4 heteroatoms. The first kappa shape index (κ1) is 11.9. The molecule has 0 radical (unpaired) electrons. The van der Waals surface area contributed by atoms with Crippen LogP contribution in [0.5, 0.6) is 0 Å². The molecule has 0 fully saturated rings. The van der Waals surface area contributed by atoms with Gasteiger partial charge < -0.3 is 0 Å². The van der Waals surface area contributed by atoms with Crippen molar-refractivity contribution in [3.63, 3.8) is 0 Å². The summed E-state index contributed by atoms with van der Waals surface area (Å²) in [5.41, 5.74) is 0.765. The van der Waals surface area contributed by atoms with E-state index in [1.807, 2.05) is 13.0 Å². The van der Waals surface area contributed by atoms with Gasteiger partial charge in [-0.25, -0.2) is 0 Å². The summed E-state index contributed by atoms with van der Waals surface area (Å²) in [6, 6.07) is 6.83. The lowest BCUT2D eigenvalue weighted by Gasteiger charge is -2.07. The van der Waals surface area contributed by atoms with E-state index in [4.69, 9.17) is 4.18 Å². The molecule has 0 aliphatic rings. The minimum Gasteiger partial charge on any atom is -0.262 e. The van der Waals surface area contributed by atoms with E-state index in [1.54, 1.807) is 18.2 Å². The van der Waals surface area contributed by atoms with E-state index in [9.17, 15) is 8.42 Å². The molecule has 0 spiro atoms. The molecule has 15 heavy (non-hydrogen) atoms. The lowest BCUT2D eigenvalue weighted by Crippen LogP contribution is -2.08. The van der Waals surface area contributed by atoms with Gasteiger partial charge in [0, 0.05) is 0 Å². The molecule has 0 heterocycles. The van der Waals surface area contributed by atoms with Gasteiger partial charge in [0.1, 0.15) is 0 Å². The van der Waals surface area contributed by atoms with Crippen LogP contribution >= 0.6 is 0 Å². The van der Waals surface area contributed by atoms with Gasteiger partial charge in [-0.2, -0.15) is 8.42 Å². The average molecular weight is 226 g/mol. The van der Waals surface area contributed by atoms with Crippen LogP contribution < -0.4 is 0 Å². The normalized spacial score (nSPS) is 11.3. The lowest BCUT2D eigenvalue weighted by atomic mass is 10.2. The summed E-state index contributed by atoms with van der Waals surface area (Å²) < 4.78 is 28.2. The molecule has 0 bridgehead atoms. The molecular weight excluding hydrogens is 212 g/mol. The van der Waals surface area contributed by atoms with Gasteiger partial charge in [-0.05, 0) is 18.1 Å². The SMILES string of the molecule is C=CCOS(=O)(=O)c1ccccc1CC. The molecule has 3 nitrogen and oxygen atoms in total. The molecule has 1 rings (SSSR count). The van der Waals surface area contributed by atoms with Crippen molar-refractivity contribution in [1.82, 2.24) is 0 Å². The predicted octanol–water partition coefficient (Wildman–Crippen LogP) is 2.14. The lowest BCUT2D eigenvalue weighted by molar-refractivity contribution is 0.357. The van der Waals surface area contributed by atoms with Crippen molar-refractivity contribution in [2.24, 2.45) is 0 Å². The zero-order valence-corrected chi connectivity index (χ0v) is 9.46. The van der Waals surface area contributed by atoms with Gasteiger partial charge in [-0.15, -0.1) is 6.58 Å². The standard InChI is InChI=1S/C11H14O3S/c1-3-9-14-15(12,13)11-8-6-5-7-10(11)4-2/h3,5-8H,1,4,9H2,2H3. The molecule has 0 saturated carbocycles. The number of hydrogen-bond acceptors (Lipinski definition) is 3. The maximum absolute atomic E-state index is 11.7. The number of rotatable bonds is 5. The fourth-order valence-electron chi connectivity index (χ4n) is 1.24. The fourth-order valence-corrected chi connectivity index (χ4v) is 2.42. The third-order valence-electron chi connectivity index (χ3n) is 1.96. The van der Waals surface area contributed by atoms with E-state index in [0.717, 1.165) is 5.56 Å². The van der Waals surface area contributed by atoms with E-state index in [1.165, 1.54) is 6.08 Å². The van der Waals surface area contributed by atoms with Crippen LogP contribution in [0.3, 0.4) is 0 Å². The van der Waals surface area contributed by atoms with E-state index in [-0.39, 0.29) is 11.5 Å². The van der Waals surface area contributed by atoms with Crippen LogP contribution in [0.25, 0.3) is 0 Å². The van der Waals surface area contributed by atoms with Crippen LogP contribution in [0.1, 0.15) is 12.5 Å². The summed E-state index contributed by atoms with van der Waals surface area (Å²) >= 11 is 0.